The average Bonchev–Trinajstić information content (AvgIpc) is 2.28. The van der Waals surface area contributed by atoms with Crippen LogP contribution in [0.2, 0.25) is 10.0 Å². The summed E-state index contributed by atoms with van der Waals surface area (Å²) >= 11 is 11.8. The van der Waals surface area contributed by atoms with E-state index in [0.717, 1.165) is 11.4 Å². The van der Waals surface area contributed by atoms with Crippen LogP contribution in [0.5, 0.6) is 0 Å². The zero-order valence-corrected chi connectivity index (χ0v) is 10.3. The zero-order chi connectivity index (χ0) is 12.3. The lowest BCUT2D eigenvalue weighted by Crippen LogP contribution is -1.93. The topological polar surface area (TPSA) is 35.8 Å². The molecule has 0 heterocycles. The number of nitrogens with one attached hydrogen (secondary N) is 1. The van der Waals surface area contributed by atoms with Gasteiger partial charge in [-0.25, -0.2) is 0 Å². The Hall–Kier alpha value is -1.69. The third kappa shape index (κ3) is 2.91. The molecule has 0 radical (unpaired) electrons. The number of benzene rings is 2. The molecule has 0 aliphatic rings. The molecular weight excluding hydrogens is 255 g/mol. The molecule has 0 bridgehead atoms. The fourth-order valence-corrected chi connectivity index (χ4v) is 2.00. The van der Waals surface area contributed by atoms with E-state index in [0.29, 0.717) is 15.6 Å². The highest BCUT2D eigenvalue weighted by molar-refractivity contribution is 6.35. The molecule has 0 amide bonds. The number of nitrogens with zero attached hydrogens (tertiary/aromatic N) is 1. The molecule has 0 aromatic heterocycles. The molecule has 0 aliphatic heterocycles. The standard InChI is InChI=1S/C13H8Cl2N2/c14-10-5-11(15)7-12(6-10)17-13-4-2-1-3-9(13)8-16/h1-7,17H. The molecule has 17 heavy (non-hydrogen) atoms. The predicted molar refractivity (Wildman–Crippen MR) is 70.9 cm³/mol. The van der Waals surface area contributed by atoms with Crippen molar-refractivity contribution in [2.24, 2.45) is 0 Å². The first-order valence-electron chi connectivity index (χ1n) is 4.91. The van der Waals surface area contributed by atoms with E-state index in [9.17, 15) is 0 Å². The molecule has 0 spiro atoms. The predicted octanol–water partition coefficient (Wildman–Crippen LogP) is 4.61. The first-order chi connectivity index (χ1) is 8.19. The smallest absolute Gasteiger partial charge is 0.101 e. The Bertz CT molecular complexity index is 568. The summed E-state index contributed by atoms with van der Waals surface area (Å²) in [6, 6.07) is 14.5. The maximum absolute atomic E-state index is 8.96. The molecule has 2 aromatic rings. The normalized spacial score (nSPS) is 9.71. The Morgan fingerprint density at radius 2 is 1.65 bits per heavy atom. The van der Waals surface area contributed by atoms with Gasteiger partial charge in [-0.2, -0.15) is 5.26 Å². The monoisotopic (exact) mass is 262 g/mol. The zero-order valence-electron chi connectivity index (χ0n) is 8.74. The summed E-state index contributed by atoms with van der Waals surface area (Å²) in [6.07, 6.45) is 0. The summed E-state index contributed by atoms with van der Waals surface area (Å²) in [4.78, 5) is 0. The van der Waals surface area contributed by atoms with Crippen molar-refractivity contribution in [1.29, 1.82) is 5.26 Å². The lowest BCUT2D eigenvalue weighted by Gasteiger charge is -2.08. The summed E-state index contributed by atoms with van der Waals surface area (Å²) < 4.78 is 0. The fourth-order valence-electron chi connectivity index (χ4n) is 1.47. The van der Waals surface area contributed by atoms with Crippen molar-refractivity contribution in [2.45, 2.75) is 0 Å². The van der Waals surface area contributed by atoms with Crippen LogP contribution < -0.4 is 5.32 Å². The van der Waals surface area contributed by atoms with E-state index in [1.165, 1.54) is 0 Å². The minimum Gasteiger partial charge on any atom is -0.354 e. The van der Waals surface area contributed by atoms with Gasteiger partial charge < -0.3 is 5.32 Å². The number of halogens is 2. The SMILES string of the molecule is N#Cc1ccccc1Nc1cc(Cl)cc(Cl)c1. The fraction of sp³-hybridized carbons (Fsp3) is 0. The van der Waals surface area contributed by atoms with Crippen molar-refractivity contribution in [1.82, 2.24) is 0 Å². The molecular formula is C13H8Cl2N2. The van der Waals surface area contributed by atoms with Gasteiger partial charge >= 0.3 is 0 Å². The number of anilines is 2. The quantitative estimate of drug-likeness (QED) is 0.858. The Balaban J connectivity index is 2.35. The van der Waals surface area contributed by atoms with Crippen LogP contribution in [0.25, 0.3) is 0 Å². The van der Waals surface area contributed by atoms with Crippen LogP contribution in [0.4, 0.5) is 11.4 Å². The number of rotatable bonds is 2. The number of nitriles is 1. The highest BCUT2D eigenvalue weighted by Gasteiger charge is 2.02. The third-order valence-corrected chi connectivity index (χ3v) is 2.63. The average molecular weight is 263 g/mol. The van der Waals surface area contributed by atoms with Crippen LogP contribution >= 0.6 is 23.2 Å². The number of hydrogen-bond acceptors (Lipinski definition) is 2. The highest BCUT2D eigenvalue weighted by Crippen LogP contribution is 2.26. The minimum atomic E-state index is 0.550. The second-order valence-electron chi connectivity index (χ2n) is 3.44. The molecule has 0 saturated heterocycles. The Morgan fingerprint density at radius 3 is 2.29 bits per heavy atom. The van der Waals surface area contributed by atoms with Gasteiger partial charge in [0.25, 0.3) is 0 Å². The van der Waals surface area contributed by atoms with Crippen molar-refractivity contribution in [3.8, 4) is 6.07 Å². The molecule has 2 aromatic carbocycles. The van der Waals surface area contributed by atoms with Gasteiger partial charge in [-0.3, -0.25) is 0 Å². The van der Waals surface area contributed by atoms with Crippen LogP contribution in [0, 0.1) is 11.3 Å². The van der Waals surface area contributed by atoms with Gasteiger partial charge in [0.2, 0.25) is 0 Å². The summed E-state index contributed by atoms with van der Waals surface area (Å²) in [5.41, 5.74) is 2.06. The first-order valence-corrected chi connectivity index (χ1v) is 5.67. The summed E-state index contributed by atoms with van der Waals surface area (Å²) in [6.45, 7) is 0. The molecule has 0 aliphatic carbocycles. The summed E-state index contributed by atoms with van der Waals surface area (Å²) in [5.74, 6) is 0. The third-order valence-electron chi connectivity index (χ3n) is 2.19. The summed E-state index contributed by atoms with van der Waals surface area (Å²) in [5, 5.41) is 13.2. The Kier molecular flexibility index (Phi) is 3.53. The van der Waals surface area contributed by atoms with Gasteiger partial charge in [0.15, 0.2) is 0 Å². The number of hydrogen-bond donors (Lipinski definition) is 1. The maximum atomic E-state index is 8.96. The second kappa shape index (κ2) is 5.09. The molecule has 0 atom stereocenters. The van der Waals surface area contributed by atoms with Gasteiger partial charge in [0, 0.05) is 15.7 Å². The van der Waals surface area contributed by atoms with Gasteiger partial charge in [0.1, 0.15) is 6.07 Å². The summed E-state index contributed by atoms with van der Waals surface area (Å²) in [7, 11) is 0. The van der Waals surface area contributed by atoms with Crippen molar-refractivity contribution in [3.05, 3.63) is 58.1 Å². The van der Waals surface area contributed by atoms with Gasteiger partial charge in [-0.1, -0.05) is 35.3 Å². The van der Waals surface area contributed by atoms with Gasteiger partial charge in [-0.15, -0.1) is 0 Å². The van der Waals surface area contributed by atoms with Crippen LogP contribution in [0.15, 0.2) is 42.5 Å². The van der Waals surface area contributed by atoms with E-state index >= 15 is 0 Å². The molecule has 1 N–H and O–H groups in total. The van der Waals surface area contributed by atoms with Crippen molar-refractivity contribution in [2.75, 3.05) is 5.32 Å². The first kappa shape index (κ1) is 11.8. The van der Waals surface area contributed by atoms with E-state index in [-0.39, 0.29) is 0 Å². The van der Waals surface area contributed by atoms with E-state index in [4.69, 9.17) is 28.5 Å². The van der Waals surface area contributed by atoms with E-state index in [2.05, 4.69) is 11.4 Å². The largest absolute Gasteiger partial charge is 0.354 e. The van der Waals surface area contributed by atoms with Crippen LogP contribution in [0.1, 0.15) is 5.56 Å². The Labute approximate surface area is 109 Å². The lowest BCUT2D eigenvalue weighted by atomic mass is 10.2. The molecule has 0 saturated carbocycles. The van der Waals surface area contributed by atoms with Crippen molar-refractivity contribution < 1.29 is 0 Å². The molecule has 2 nitrogen and oxygen atoms in total. The van der Waals surface area contributed by atoms with Gasteiger partial charge in [-0.05, 0) is 30.3 Å². The van der Waals surface area contributed by atoms with E-state index < -0.39 is 0 Å². The van der Waals surface area contributed by atoms with Crippen LogP contribution in [0.3, 0.4) is 0 Å². The highest BCUT2D eigenvalue weighted by atomic mass is 35.5. The molecule has 2 rings (SSSR count). The van der Waals surface area contributed by atoms with Crippen molar-refractivity contribution in [3.63, 3.8) is 0 Å². The van der Waals surface area contributed by atoms with E-state index in [1.54, 1.807) is 24.3 Å². The molecule has 0 unspecified atom stereocenters. The number of para-hydroxylation sites is 1. The van der Waals surface area contributed by atoms with Gasteiger partial charge in [0.05, 0.1) is 11.3 Å². The van der Waals surface area contributed by atoms with Crippen molar-refractivity contribution >= 4 is 34.6 Å². The van der Waals surface area contributed by atoms with Crippen LogP contribution in [-0.4, -0.2) is 0 Å². The molecule has 0 fully saturated rings. The maximum Gasteiger partial charge on any atom is 0.101 e. The lowest BCUT2D eigenvalue weighted by molar-refractivity contribution is 1.46. The molecule has 4 heteroatoms. The minimum absolute atomic E-state index is 0.550. The van der Waals surface area contributed by atoms with Crippen LogP contribution in [-0.2, 0) is 0 Å². The second-order valence-corrected chi connectivity index (χ2v) is 4.31. The Morgan fingerprint density at radius 1 is 1.00 bits per heavy atom. The van der Waals surface area contributed by atoms with E-state index in [1.807, 2.05) is 18.2 Å². The molecule has 84 valence electrons.